The maximum atomic E-state index is 12.9. The van der Waals surface area contributed by atoms with Crippen LogP contribution in [0.1, 0.15) is 82.6 Å². The van der Waals surface area contributed by atoms with Crippen molar-refractivity contribution in [3.05, 3.63) is 47.0 Å². The minimum atomic E-state index is -0.302. The van der Waals surface area contributed by atoms with Gasteiger partial charge in [-0.15, -0.1) is 11.8 Å². The molecule has 4 rings (SSSR count). The molecular formula is C52H87N7O15S2. The van der Waals surface area contributed by atoms with E-state index in [0.29, 0.717) is 152 Å². The highest BCUT2D eigenvalue weighted by Gasteiger charge is 2.26. The predicted octanol–water partition coefficient (Wildman–Crippen LogP) is 1.70. The van der Waals surface area contributed by atoms with Crippen LogP contribution in [0, 0.1) is 0 Å². The Kier molecular flexibility index (Phi) is 33.0. The highest BCUT2D eigenvalue weighted by Crippen LogP contribution is 2.30. The molecule has 2 aromatic rings. The average molecular weight is 1110 g/mol. The minimum absolute atomic E-state index is 0.0672. The molecular weight excluding hydrogens is 1030 g/mol. The molecule has 0 aliphatic carbocycles. The highest BCUT2D eigenvalue weighted by atomic mass is 32.2. The lowest BCUT2D eigenvalue weighted by atomic mass is 10.1. The first-order chi connectivity index (χ1) is 36.5. The fraction of sp³-hybridized carbons (Fsp3) is 0.731. The summed E-state index contributed by atoms with van der Waals surface area (Å²) in [4.78, 5) is 65.0. The van der Waals surface area contributed by atoms with Gasteiger partial charge in [-0.2, -0.15) is 12.6 Å². The average Bonchev–Trinajstić information content (AvgIpc) is 3.42. The van der Waals surface area contributed by atoms with Crippen LogP contribution in [0.4, 0.5) is 0 Å². The van der Waals surface area contributed by atoms with Crippen molar-refractivity contribution in [3.8, 4) is 11.5 Å². The third-order valence-corrected chi connectivity index (χ3v) is 13.7. The van der Waals surface area contributed by atoms with Gasteiger partial charge in [0, 0.05) is 119 Å². The summed E-state index contributed by atoms with van der Waals surface area (Å²) < 4.78 is 37.3. The third-order valence-electron chi connectivity index (χ3n) is 12.1. The van der Waals surface area contributed by atoms with Crippen LogP contribution in [0.5, 0.6) is 11.5 Å². The number of aliphatic hydroxyl groups excluding tert-OH is 4. The number of hydrogen-bond donors (Lipinski definition) is 6. The van der Waals surface area contributed by atoms with Gasteiger partial charge >= 0.3 is 5.97 Å². The molecule has 4 heterocycles. The molecule has 0 unspecified atom stereocenters. The number of ether oxygens (including phenoxy) is 7. The second-order valence-corrected chi connectivity index (χ2v) is 22.2. The van der Waals surface area contributed by atoms with Crippen molar-refractivity contribution in [2.45, 2.75) is 95.7 Å². The number of thioether (sulfide) groups is 1. The number of nitrogens with one attached hydrogen (secondary N) is 1. The molecule has 2 aliphatic rings. The van der Waals surface area contributed by atoms with Crippen LogP contribution >= 0.6 is 24.4 Å². The molecule has 0 atom stereocenters. The third kappa shape index (κ3) is 29.7. The topological polar surface area (TPSA) is 265 Å². The number of pyridine rings is 2. The second kappa shape index (κ2) is 37.8. The Hall–Kier alpha value is -3.92. The Morgan fingerprint density at radius 1 is 0.579 bits per heavy atom. The van der Waals surface area contributed by atoms with Crippen molar-refractivity contribution in [2.75, 3.05) is 151 Å². The molecule has 0 radical (unpaired) electrons. The van der Waals surface area contributed by atoms with Gasteiger partial charge < -0.3 is 68.7 Å². The SMILES string of the molecule is CC(C)(S)CCC(=O)N1CCN(CCOc2cc(CO)nc(CO)c2)CC1.COC(=O)CCOCCOCCOCCOCCNC(=O)CSC(C)(C)CCC(=O)N1CCN(CCOc2cc(CO)nc(CO)c2)CC1. The molecule has 0 spiro atoms. The number of nitrogens with zero attached hydrogens (tertiary/aromatic N) is 6. The summed E-state index contributed by atoms with van der Waals surface area (Å²) in [6.45, 7) is 19.4. The van der Waals surface area contributed by atoms with Crippen LogP contribution < -0.4 is 14.8 Å². The number of carbonyl (C=O) groups excluding carboxylic acids is 4. The van der Waals surface area contributed by atoms with Crippen molar-refractivity contribution < 1.29 is 72.8 Å². The summed E-state index contributed by atoms with van der Waals surface area (Å²) >= 11 is 6.02. The fourth-order valence-electron chi connectivity index (χ4n) is 7.56. The lowest BCUT2D eigenvalue weighted by Crippen LogP contribution is -2.49. The smallest absolute Gasteiger partial charge is 0.307 e. The number of methoxy groups -OCH3 is 1. The van der Waals surface area contributed by atoms with Gasteiger partial charge in [-0.25, -0.2) is 0 Å². The number of rotatable bonds is 36. The fourth-order valence-corrected chi connectivity index (χ4v) is 8.54. The van der Waals surface area contributed by atoms with E-state index >= 15 is 0 Å². The quantitative estimate of drug-likeness (QED) is 0.0322. The van der Waals surface area contributed by atoms with E-state index in [2.05, 4.69) is 56.3 Å². The zero-order chi connectivity index (χ0) is 55.6. The zero-order valence-electron chi connectivity index (χ0n) is 45.5. The molecule has 76 heavy (non-hydrogen) atoms. The minimum Gasteiger partial charge on any atom is -0.492 e. The van der Waals surface area contributed by atoms with Crippen molar-refractivity contribution >= 4 is 48.1 Å². The Labute approximate surface area is 459 Å². The molecule has 2 aliphatic heterocycles. The predicted molar refractivity (Wildman–Crippen MR) is 290 cm³/mol. The van der Waals surface area contributed by atoms with E-state index in [1.807, 2.05) is 23.6 Å². The summed E-state index contributed by atoms with van der Waals surface area (Å²) in [6.07, 6.45) is 2.65. The lowest BCUT2D eigenvalue weighted by Gasteiger charge is -2.35. The summed E-state index contributed by atoms with van der Waals surface area (Å²) in [5, 5.41) is 40.0. The number of hydrogen-bond acceptors (Lipinski definition) is 21. The number of esters is 1. The van der Waals surface area contributed by atoms with Crippen LogP contribution in [-0.4, -0.2) is 234 Å². The summed E-state index contributed by atoms with van der Waals surface area (Å²) in [6, 6.07) is 6.69. The molecule has 3 amide bonds. The Balaban J connectivity index is 0.000000473. The Morgan fingerprint density at radius 3 is 1.37 bits per heavy atom. The van der Waals surface area contributed by atoms with Crippen molar-refractivity contribution in [3.63, 3.8) is 0 Å². The van der Waals surface area contributed by atoms with E-state index in [9.17, 15) is 39.6 Å². The second-order valence-electron chi connectivity index (χ2n) is 19.3. The van der Waals surface area contributed by atoms with E-state index < -0.39 is 0 Å². The molecule has 0 saturated carbocycles. The highest BCUT2D eigenvalue weighted by molar-refractivity contribution is 8.01. The van der Waals surface area contributed by atoms with Gasteiger partial charge in [0.25, 0.3) is 0 Å². The molecule has 2 fully saturated rings. The summed E-state index contributed by atoms with van der Waals surface area (Å²) in [7, 11) is 1.34. The van der Waals surface area contributed by atoms with Crippen LogP contribution in [0.2, 0.25) is 0 Å². The standard InChI is InChI=1S/C33H56N4O11S.C19H31N3O4S/c1-33(2,49-26-30(40)34-7-14-45-17-19-47-21-20-46-18-16-44-13-5-32(42)43-3)6-4-31(41)37-10-8-36(9-11-37)12-15-48-29-22-27(24-38)35-28(23-29)25-39;1-19(2,27)4-3-18(25)22-7-5-21(6-8-22)9-10-26-17-11-15(13-23)20-16(12-17)14-24/h22-23,38-39H,4-21,24-26H2,1-3H3,(H,34,40);11-12,23-24,27H,3-10,13-14H2,1-2H3. The van der Waals surface area contributed by atoms with E-state index in [1.165, 1.54) is 7.11 Å². The molecule has 0 aromatic carbocycles. The lowest BCUT2D eigenvalue weighted by molar-refractivity contribution is -0.142. The van der Waals surface area contributed by atoms with Gasteiger partial charge in [0.15, 0.2) is 0 Å². The first kappa shape index (κ1) is 66.4. The molecule has 22 nitrogen and oxygen atoms in total. The number of piperazine rings is 2. The molecule has 432 valence electrons. The molecule has 0 bridgehead atoms. The molecule has 5 N–H and O–H groups in total. The van der Waals surface area contributed by atoms with Crippen LogP contribution in [0.15, 0.2) is 24.3 Å². The van der Waals surface area contributed by atoms with Gasteiger partial charge in [0.1, 0.15) is 24.7 Å². The van der Waals surface area contributed by atoms with E-state index in [0.717, 1.165) is 52.2 Å². The maximum absolute atomic E-state index is 12.9. The van der Waals surface area contributed by atoms with Crippen molar-refractivity contribution in [2.24, 2.45) is 0 Å². The first-order valence-electron chi connectivity index (χ1n) is 26.2. The van der Waals surface area contributed by atoms with E-state index in [4.69, 9.17) is 28.4 Å². The van der Waals surface area contributed by atoms with Gasteiger partial charge in [0.2, 0.25) is 17.7 Å². The summed E-state index contributed by atoms with van der Waals surface area (Å²) in [5.74, 6) is 1.44. The number of aliphatic hydroxyl groups is 4. The van der Waals surface area contributed by atoms with Crippen LogP contribution in [0.3, 0.4) is 0 Å². The molecule has 2 saturated heterocycles. The number of aromatic nitrogens is 2. The molecule has 24 heteroatoms. The van der Waals surface area contributed by atoms with E-state index in [-0.39, 0.29) is 66.0 Å². The Morgan fingerprint density at radius 2 is 0.974 bits per heavy atom. The van der Waals surface area contributed by atoms with Crippen molar-refractivity contribution in [1.29, 1.82) is 0 Å². The number of amides is 3. The van der Waals surface area contributed by atoms with E-state index in [1.54, 1.807) is 36.0 Å². The first-order valence-corrected chi connectivity index (χ1v) is 27.6. The summed E-state index contributed by atoms with van der Waals surface area (Å²) in [5.41, 5.74) is 1.86. The maximum Gasteiger partial charge on any atom is 0.307 e. The van der Waals surface area contributed by atoms with Crippen LogP contribution in [-0.2, 0) is 69.3 Å². The normalized spacial score (nSPS) is 14.5. The largest absolute Gasteiger partial charge is 0.492 e. The number of carbonyl (C=O) groups is 4. The number of thiol groups is 1. The monoisotopic (exact) mass is 1110 g/mol. The molecule has 2 aromatic heterocycles. The van der Waals surface area contributed by atoms with Gasteiger partial charge in [-0.3, -0.25) is 38.9 Å². The van der Waals surface area contributed by atoms with Gasteiger partial charge in [0.05, 0.1) is 121 Å². The van der Waals surface area contributed by atoms with Gasteiger partial charge in [-0.1, -0.05) is 27.7 Å². The van der Waals surface area contributed by atoms with Gasteiger partial charge in [-0.05, 0) is 12.8 Å². The Bertz CT molecular complexity index is 1930. The van der Waals surface area contributed by atoms with Crippen LogP contribution in [0.25, 0.3) is 0 Å². The zero-order valence-corrected chi connectivity index (χ0v) is 47.3. The van der Waals surface area contributed by atoms with Crippen molar-refractivity contribution in [1.82, 2.24) is 34.9 Å².